The van der Waals surface area contributed by atoms with Gasteiger partial charge in [0.15, 0.2) is 0 Å². The van der Waals surface area contributed by atoms with Crippen molar-refractivity contribution in [3.8, 4) is 0 Å². The van der Waals surface area contributed by atoms with Crippen molar-refractivity contribution in [2.24, 2.45) is 5.41 Å². The van der Waals surface area contributed by atoms with Gasteiger partial charge in [-0.1, -0.05) is 19.3 Å². The van der Waals surface area contributed by atoms with Gasteiger partial charge in [-0.3, -0.25) is 19.8 Å². The first kappa shape index (κ1) is 13.5. The molecule has 1 N–H and O–H groups in total. The number of ether oxygens (including phenoxy) is 1. The third-order valence-corrected chi connectivity index (χ3v) is 4.67. The molecule has 1 aliphatic carbocycles. The van der Waals surface area contributed by atoms with E-state index in [1.807, 2.05) is 0 Å². The Hall–Kier alpha value is -1.43. The van der Waals surface area contributed by atoms with E-state index in [1.54, 1.807) is 0 Å². The quantitative estimate of drug-likeness (QED) is 0.771. The van der Waals surface area contributed by atoms with E-state index in [4.69, 9.17) is 4.74 Å². The molecule has 1 saturated carbocycles. The molecule has 110 valence electrons. The molecule has 0 aromatic heterocycles. The Morgan fingerprint density at radius 2 is 1.90 bits per heavy atom. The Bertz CT molecular complexity index is 436. The van der Waals surface area contributed by atoms with Gasteiger partial charge in [-0.25, -0.2) is 4.79 Å². The highest BCUT2D eigenvalue weighted by molar-refractivity contribution is 6.19. The van der Waals surface area contributed by atoms with Crippen LogP contribution in [0.15, 0.2) is 0 Å². The van der Waals surface area contributed by atoms with Crippen molar-refractivity contribution in [1.29, 1.82) is 0 Å². The highest BCUT2D eigenvalue weighted by Gasteiger charge is 2.54. The summed E-state index contributed by atoms with van der Waals surface area (Å²) in [4.78, 5) is 38.0. The summed E-state index contributed by atoms with van der Waals surface area (Å²) < 4.78 is 5.50. The van der Waals surface area contributed by atoms with Crippen LogP contribution in [0.5, 0.6) is 0 Å². The molecular weight excluding hydrogens is 260 g/mol. The highest BCUT2D eigenvalue weighted by Crippen LogP contribution is 2.40. The average Bonchev–Trinajstić information content (AvgIpc) is 2.96. The van der Waals surface area contributed by atoms with Crippen LogP contribution in [0.25, 0.3) is 0 Å². The zero-order valence-corrected chi connectivity index (χ0v) is 11.5. The fraction of sp³-hybridized carbons (Fsp3) is 0.786. The molecule has 6 nitrogen and oxygen atoms in total. The van der Waals surface area contributed by atoms with Crippen LogP contribution in [-0.2, 0) is 14.3 Å². The maximum absolute atomic E-state index is 12.7. The molecule has 2 heterocycles. The lowest BCUT2D eigenvalue weighted by Crippen LogP contribution is -2.65. The summed E-state index contributed by atoms with van der Waals surface area (Å²) in [5.74, 6) is -0.725. The number of nitrogens with zero attached hydrogens (tertiary/aromatic N) is 1. The average molecular weight is 280 g/mol. The first-order valence-electron chi connectivity index (χ1n) is 7.42. The number of hydrogen-bond acceptors (Lipinski definition) is 4. The van der Waals surface area contributed by atoms with Crippen molar-refractivity contribution >= 4 is 17.8 Å². The standard InChI is InChI=1S/C14H20N2O4/c17-11-14(6-2-1-3-7-14)12(18)16(13(19)15-11)9-10-5-4-8-20-10/h10H,1-9H2,(H,15,17,19). The van der Waals surface area contributed by atoms with E-state index in [9.17, 15) is 14.4 Å². The van der Waals surface area contributed by atoms with E-state index in [2.05, 4.69) is 5.32 Å². The van der Waals surface area contributed by atoms with Crippen LogP contribution >= 0.6 is 0 Å². The predicted molar refractivity (Wildman–Crippen MR) is 69.7 cm³/mol. The van der Waals surface area contributed by atoms with Gasteiger partial charge in [0, 0.05) is 6.61 Å². The summed E-state index contributed by atoms with van der Waals surface area (Å²) in [6.07, 6.45) is 5.60. The molecular formula is C14H20N2O4. The van der Waals surface area contributed by atoms with E-state index < -0.39 is 17.4 Å². The van der Waals surface area contributed by atoms with Crippen LogP contribution in [0.2, 0.25) is 0 Å². The molecule has 0 aromatic carbocycles. The van der Waals surface area contributed by atoms with Gasteiger partial charge in [0.25, 0.3) is 0 Å². The topological polar surface area (TPSA) is 75.7 Å². The van der Waals surface area contributed by atoms with Crippen LogP contribution in [-0.4, -0.2) is 42.0 Å². The maximum Gasteiger partial charge on any atom is 0.330 e. The number of carbonyl (C=O) groups excluding carboxylic acids is 3. The van der Waals surface area contributed by atoms with Crippen LogP contribution in [0.4, 0.5) is 4.79 Å². The van der Waals surface area contributed by atoms with Crippen molar-refractivity contribution in [3.63, 3.8) is 0 Å². The second kappa shape index (κ2) is 5.16. The normalized spacial score (nSPS) is 29.9. The number of barbiturate groups is 1. The maximum atomic E-state index is 12.7. The molecule has 3 fully saturated rings. The molecule has 20 heavy (non-hydrogen) atoms. The summed E-state index contributed by atoms with van der Waals surface area (Å²) in [6, 6.07) is -0.591. The third kappa shape index (κ3) is 2.12. The Morgan fingerprint density at radius 1 is 1.15 bits per heavy atom. The van der Waals surface area contributed by atoms with Crippen molar-refractivity contribution in [3.05, 3.63) is 0 Å². The minimum atomic E-state index is -1.01. The molecule has 1 unspecified atom stereocenters. The fourth-order valence-corrected chi connectivity index (χ4v) is 3.49. The van der Waals surface area contributed by atoms with E-state index >= 15 is 0 Å². The number of urea groups is 1. The first-order valence-corrected chi connectivity index (χ1v) is 7.42. The van der Waals surface area contributed by atoms with Crippen molar-refractivity contribution in [2.75, 3.05) is 13.2 Å². The van der Waals surface area contributed by atoms with Crippen LogP contribution in [0.3, 0.4) is 0 Å². The molecule has 0 radical (unpaired) electrons. The third-order valence-electron chi connectivity index (χ3n) is 4.67. The second-order valence-corrected chi connectivity index (χ2v) is 5.95. The lowest BCUT2D eigenvalue weighted by atomic mass is 9.71. The van der Waals surface area contributed by atoms with Gasteiger partial charge in [-0.2, -0.15) is 0 Å². The number of carbonyl (C=O) groups is 3. The SMILES string of the molecule is O=C1NC(=O)C2(CCCCC2)C(=O)N1CC1CCCO1. The molecule has 1 spiro atoms. The fourth-order valence-electron chi connectivity index (χ4n) is 3.49. The zero-order chi connectivity index (χ0) is 14.2. The first-order chi connectivity index (χ1) is 9.63. The molecule has 0 bridgehead atoms. The lowest BCUT2D eigenvalue weighted by molar-refractivity contribution is -0.154. The molecule has 2 aliphatic heterocycles. The minimum Gasteiger partial charge on any atom is -0.376 e. The molecule has 0 aromatic rings. The molecule has 3 rings (SSSR count). The van der Waals surface area contributed by atoms with E-state index in [1.165, 1.54) is 4.90 Å². The summed E-state index contributed by atoms with van der Waals surface area (Å²) in [7, 11) is 0. The van der Waals surface area contributed by atoms with Crippen molar-refractivity contribution in [2.45, 2.75) is 51.0 Å². The minimum absolute atomic E-state index is 0.0847. The smallest absolute Gasteiger partial charge is 0.330 e. The molecule has 6 heteroatoms. The molecule has 1 atom stereocenters. The van der Waals surface area contributed by atoms with E-state index in [0.29, 0.717) is 19.4 Å². The highest BCUT2D eigenvalue weighted by atomic mass is 16.5. The zero-order valence-electron chi connectivity index (χ0n) is 11.5. The molecule has 4 amide bonds. The number of rotatable bonds is 2. The van der Waals surface area contributed by atoms with Gasteiger partial charge in [0.2, 0.25) is 11.8 Å². The van der Waals surface area contributed by atoms with Gasteiger partial charge in [0.05, 0.1) is 12.6 Å². The largest absolute Gasteiger partial charge is 0.376 e. The summed E-state index contributed by atoms with van der Waals surface area (Å²) >= 11 is 0. The van der Waals surface area contributed by atoms with Gasteiger partial charge >= 0.3 is 6.03 Å². The van der Waals surface area contributed by atoms with Crippen LogP contribution in [0, 0.1) is 5.41 Å². The van der Waals surface area contributed by atoms with Gasteiger partial charge in [-0.15, -0.1) is 0 Å². The number of nitrogens with one attached hydrogen (secondary N) is 1. The van der Waals surface area contributed by atoms with E-state index in [-0.39, 0.29) is 18.6 Å². The predicted octanol–water partition coefficient (Wildman–Crippen LogP) is 1.19. The summed E-state index contributed by atoms with van der Waals surface area (Å²) in [6.45, 7) is 0.943. The lowest BCUT2D eigenvalue weighted by Gasteiger charge is -2.41. The van der Waals surface area contributed by atoms with Gasteiger partial charge in [-0.05, 0) is 25.7 Å². The van der Waals surface area contributed by atoms with E-state index in [0.717, 1.165) is 32.1 Å². The molecule has 3 aliphatic rings. The van der Waals surface area contributed by atoms with Crippen molar-refractivity contribution in [1.82, 2.24) is 10.2 Å². The summed E-state index contributed by atoms with van der Waals surface area (Å²) in [5, 5.41) is 2.37. The van der Waals surface area contributed by atoms with Crippen molar-refractivity contribution < 1.29 is 19.1 Å². The Kier molecular flexibility index (Phi) is 3.50. The second-order valence-electron chi connectivity index (χ2n) is 5.95. The van der Waals surface area contributed by atoms with Gasteiger partial charge < -0.3 is 4.74 Å². The summed E-state index contributed by atoms with van der Waals surface area (Å²) in [5.41, 5.74) is -1.01. The Balaban J connectivity index is 1.80. The number of hydrogen-bond donors (Lipinski definition) is 1. The molecule has 2 saturated heterocycles. The monoisotopic (exact) mass is 280 g/mol. The Morgan fingerprint density at radius 3 is 2.55 bits per heavy atom. The van der Waals surface area contributed by atoms with Crippen LogP contribution in [0.1, 0.15) is 44.9 Å². The van der Waals surface area contributed by atoms with Gasteiger partial charge in [0.1, 0.15) is 5.41 Å². The number of amides is 4. The number of imide groups is 2. The Labute approximate surface area is 117 Å². The van der Waals surface area contributed by atoms with Crippen LogP contribution < -0.4 is 5.32 Å².